The third kappa shape index (κ3) is 22.1. The Morgan fingerprint density at radius 2 is 1.28 bits per heavy atom. The Labute approximate surface area is 178 Å². The van der Waals surface area contributed by atoms with Crippen LogP contribution in [0.25, 0.3) is 0 Å². The van der Waals surface area contributed by atoms with Gasteiger partial charge in [-0.1, -0.05) is 83.8 Å². The predicted molar refractivity (Wildman–Crippen MR) is 99.9 cm³/mol. The minimum Gasteiger partial charge on any atom is -0.844 e. The number of carbonyl (C=O) groups is 1. The fourth-order valence-electron chi connectivity index (χ4n) is 2.64. The van der Waals surface area contributed by atoms with Crippen molar-refractivity contribution in [3.8, 4) is 0 Å². The van der Waals surface area contributed by atoms with Crippen molar-refractivity contribution in [3.05, 3.63) is 12.2 Å². The number of ether oxygens (including phenoxy) is 1. The van der Waals surface area contributed by atoms with Crippen molar-refractivity contribution in [2.24, 2.45) is 0 Å². The molecule has 0 N–H and O–H groups in total. The normalized spacial score (nSPS) is 12.1. The van der Waals surface area contributed by atoms with Gasteiger partial charge in [0, 0.05) is 0 Å². The molecule has 3 nitrogen and oxygen atoms in total. The average molecular weight is 363 g/mol. The number of unbranched alkanes of at least 4 members (excludes halogenated alkanes) is 12. The summed E-state index contributed by atoms with van der Waals surface area (Å²) in [7, 11) is 0. The smallest absolute Gasteiger partial charge is 0.844 e. The van der Waals surface area contributed by atoms with Crippen LogP contribution < -0.4 is 34.7 Å². The fraction of sp³-hybridized carbons (Fsp3) is 0.857. The van der Waals surface area contributed by atoms with Crippen LogP contribution in [0.2, 0.25) is 0 Å². The Kier molecular flexibility index (Phi) is 24.3. The van der Waals surface area contributed by atoms with Crippen molar-refractivity contribution >= 4 is 5.97 Å². The third-order valence-electron chi connectivity index (χ3n) is 4.23. The zero-order valence-corrected chi connectivity index (χ0v) is 19.1. The molecule has 25 heavy (non-hydrogen) atoms. The summed E-state index contributed by atoms with van der Waals surface area (Å²) in [6.07, 6.45) is 21.1. The van der Waals surface area contributed by atoms with E-state index in [-0.39, 0.29) is 29.6 Å². The zero-order chi connectivity index (χ0) is 17.9. The van der Waals surface area contributed by atoms with E-state index < -0.39 is 12.1 Å². The van der Waals surface area contributed by atoms with Gasteiger partial charge in [-0.2, -0.15) is 0 Å². The van der Waals surface area contributed by atoms with Crippen molar-refractivity contribution in [1.82, 2.24) is 0 Å². The first kappa shape index (κ1) is 27.4. The first-order chi connectivity index (χ1) is 11.7. The molecule has 142 valence electrons. The summed E-state index contributed by atoms with van der Waals surface area (Å²) in [4.78, 5) is 11.0. The molecule has 0 aromatic carbocycles. The van der Waals surface area contributed by atoms with E-state index in [9.17, 15) is 9.90 Å². The maximum absolute atomic E-state index is 11.0. The van der Waals surface area contributed by atoms with Gasteiger partial charge in [0.2, 0.25) is 0 Å². The summed E-state index contributed by atoms with van der Waals surface area (Å²) in [5.74, 6) is -0.622. The van der Waals surface area contributed by atoms with Gasteiger partial charge in [-0.3, -0.25) is 4.79 Å². The maximum Gasteiger partial charge on any atom is 1.00 e. The van der Waals surface area contributed by atoms with Crippen molar-refractivity contribution in [2.75, 3.05) is 6.61 Å². The number of rotatable bonds is 17. The first-order valence-electron chi connectivity index (χ1n) is 10.2. The van der Waals surface area contributed by atoms with E-state index in [2.05, 4.69) is 19.1 Å². The number of hydrogen-bond acceptors (Lipinski definition) is 3. The molecule has 0 saturated heterocycles. The molecule has 0 saturated carbocycles. The summed E-state index contributed by atoms with van der Waals surface area (Å²) in [5.41, 5.74) is 0. The molecule has 0 aliphatic carbocycles. The molecule has 0 aliphatic rings. The van der Waals surface area contributed by atoms with Crippen LogP contribution in [0.15, 0.2) is 12.2 Å². The van der Waals surface area contributed by atoms with Crippen molar-refractivity contribution in [1.29, 1.82) is 0 Å². The summed E-state index contributed by atoms with van der Waals surface area (Å²) in [6, 6.07) is 0. The van der Waals surface area contributed by atoms with Gasteiger partial charge in [0.15, 0.2) is 0 Å². The van der Waals surface area contributed by atoms with E-state index in [0.29, 0.717) is 6.61 Å². The summed E-state index contributed by atoms with van der Waals surface area (Å²) >= 11 is 0. The van der Waals surface area contributed by atoms with Gasteiger partial charge >= 0.3 is 29.6 Å². The van der Waals surface area contributed by atoms with Gasteiger partial charge in [-0.15, -0.1) is 0 Å². The second-order valence-electron chi connectivity index (χ2n) is 6.75. The molecule has 4 heteroatoms. The number of esters is 1. The van der Waals surface area contributed by atoms with E-state index in [1.165, 1.54) is 84.0 Å². The molecular weight excluding hydrogens is 323 g/mol. The van der Waals surface area contributed by atoms with Gasteiger partial charge in [-0.05, 0) is 38.2 Å². The summed E-state index contributed by atoms with van der Waals surface area (Å²) < 4.78 is 4.86. The molecule has 0 aliphatic heterocycles. The fourth-order valence-corrected chi connectivity index (χ4v) is 2.64. The Morgan fingerprint density at radius 3 is 1.76 bits per heavy atom. The second kappa shape index (κ2) is 22.2. The Bertz CT molecular complexity index is 304. The standard InChI is InChI=1S/C21H39O3.Na/c1-3-4-5-6-7-8-9-10-11-12-13-14-15-16-17-18-19-24-21(23)20(2)22;/h10-11,20H,3-9,12-19H2,1-2H3;/q-1;+1/b11-10-;. The first-order valence-corrected chi connectivity index (χ1v) is 10.2. The number of hydrogen-bond donors (Lipinski definition) is 0. The molecule has 0 fully saturated rings. The van der Waals surface area contributed by atoms with Gasteiger partial charge in [0.1, 0.15) is 0 Å². The minimum atomic E-state index is -1.25. The molecule has 0 bridgehead atoms. The molecule has 0 radical (unpaired) electrons. The van der Waals surface area contributed by atoms with Crippen LogP contribution >= 0.6 is 0 Å². The van der Waals surface area contributed by atoms with Crippen molar-refractivity contribution < 1.29 is 44.2 Å². The average Bonchev–Trinajstić information content (AvgIpc) is 2.57. The van der Waals surface area contributed by atoms with E-state index >= 15 is 0 Å². The zero-order valence-electron chi connectivity index (χ0n) is 17.1. The minimum absolute atomic E-state index is 0. The van der Waals surface area contributed by atoms with Gasteiger partial charge in [0.05, 0.1) is 6.61 Å². The monoisotopic (exact) mass is 362 g/mol. The largest absolute Gasteiger partial charge is 1.00 e. The molecule has 0 spiro atoms. The van der Waals surface area contributed by atoms with Crippen LogP contribution in [0.4, 0.5) is 0 Å². The van der Waals surface area contributed by atoms with Crippen LogP contribution in [0.5, 0.6) is 0 Å². The Balaban J connectivity index is 0. The molecule has 0 rings (SSSR count). The third-order valence-corrected chi connectivity index (χ3v) is 4.23. The molecule has 0 aromatic rings. The van der Waals surface area contributed by atoms with Gasteiger partial charge < -0.3 is 9.84 Å². The van der Waals surface area contributed by atoms with E-state index in [4.69, 9.17) is 4.74 Å². The molecule has 0 heterocycles. The van der Waals surface area contributed by atoms with Gasteiger partial charge in [-0.25, -0.2) is 0 Å². The molecule has 0 aromatic heterocycles. The van der Waals surface area contributed by atoms with E-state index in [0.717, 1.165) is 12.8 Å². The topological polar surface area (TPSA) is 49.4 Å². The molecule has 1 unspecified atom stereocenters. The van der Waals surface area contributed by atoms with Crippen LogP contribution in [-0.2, 0) is 9.53 Å². The van der Waals surface area contributed by atoms with Crippen LogP contribution in [0, 0.1) is 0 Å². The summed E-state index contributed by atoms with van der Waals surface area (Å²) in [6.45, 7) is 3.98. The van der Waals surface area contributed by atoms with Crippen LogP contribution in [0.3, 0.4) is 0 Å². The summed E-state index contributed by atoms with van der Waals surface area (Å²) in [5, 5.41) is 10.7. The SMILES string of the molecule is CCCCCCCC/C=C\CCCCCCCCOC(=O)C(C)[O-].[Na+]. The number of allylic oxidation sites excluding steroid dienone is 2. The Hall–Kier alpha value is 0.170. The Morgan fingerprint density at radius 1 is 0.840 bits per heavy atom. The van der Waals surface area contributed by atoms with Crippen molar-refractivity contribution in [2.45, 2.75) is 110 Å². The van der Waals surface area contributed by atoms with Crippen molar-refractivity contribution in [3.63, 3.8) is 0 Å². The van der Waals surface area contributed by atoms with Crippen LogP contribution in [0.1, 0.15) is 104 Å². The van der Waals surface area contributed by atoms with Gasteiger partial charge in [0.25, 0.3) is 5.97 Å². The molecule has 1 atom stereocenters. The second-order valence-corrected chi connectivity index (χ2v) is 6.75. The molecular formula is C21H39NaO3. The predicted octanol–water partition coefficient (Wildman–Crippen LogP) is 2.32. The number of carbonyl (C=O) groups excluding carboxylic acids is 1. The molecule has 0 amide bonds. The van der Waals surface area contributed by atoms with Crippen LogP contribution in [-0.4, -0.2) is 18.7 Å². The van der Waals surface area contributed by atoms with E-state index in [1.807, 2.05) is 0 Å². The quantitative estimate of drug-likeness (QED) is 0.173. The maximum atomic E-state index is 11.0. The van der Waals surface area contributed by atoms with E-state index in [1.54, 1.807) is 0 Å².